The fraction of sp³-hybridized carbons (Fsp3) is 0.217. The number of hydrogen-bond donors (Lipinski definition) is 0. The van der Waals surface area contributed by atoms with E-state index in [1.165, 1.54) is 5.56 Å². The molecule has 0 fully saturated rings. The number of pyridine rings is 1. The van der Waals surface area contributed by atoms with Crippen molar-refractivity contribution in [2.45, 2.75) is 26.7 Å². The predicted molar refractivity (Wildman–Crippen MR) is 104 cm³/mol. The monoisotopic (exact) mass is 341 g/mol. The first kappa shape index (κ1) is 16.4. The lowest BCUT2D eigenvalue weighted by Crippen LogP contribution is -2.30. The summed E-state index contributed by atoms with van der Waals surface area (Å²) >= 11 is 0. The molecule has 128 valence electrons. The molecule has 4 aromatic rings. The van der Waals surface area contributed by atoms with E-state index in [0.717, 1.165) is 38.8 Å². The molecule has 3 nitrogen and oxygen atoms in total. The molecule has 2 aromatic heterocycles. The number of furan rings is 1. The predicted octanol–water partition coefficient (Wildman–Crippen LogP) is 5.38. The van der Waals surface area contributed by atoms with Crippen molar-refractivity contribution in [2.75, 3.05) is 0 Å². The van der Waals surface area contributed by atoms with Crippen LogP contribution in [0, 0.1) is 18.3 Å². The van der Waals surface area contributed by atoms with Crippen molar-refractivity contribution in [3.63, 3.8) is 0 Å². The quantitative estimate of drug-likeness (QED) is 0.459. The Morgan fingerprint density at radius 3 is 2.58 bits per heavy atom. The van der Waals surface area contributed by atoms with Crippen LogP contribution in [0.1, 0.15) is 36.5 Å². The summed E-state index contributed by atoms with van der Waals surface area (Å²) in [5.41, 5.74) is 6.57. The van der Waals surface area contributed by atoms with Crippen LogP contribution in [-0.4, -0.2) is 0 Å². The molecule has 0 aliphatic carbocycles. The number of aryl methyl sites for hydroxylation is 2. The van der Waals surface area contributed by atoms with Crippen molar-refractivity contribution in [1.29, 1.82) is 5.26 Å². The Bertz CT molecular complexity index is 1190. The minimum absolute atomic E-state index is 0.434. The maximum Gasteiger partial charge on any atom is 0.213 e. The zero-order valence-electron chi connectivity index (χ0n) is 15.5. The van der Waals surface area contributed by atoms with Gasteiger partial charge >= 0.3 is 0 Å². The van der Waals surface area contributed by atoms with Gasteiger partial charge in [0.1, 0.15) is 24.3 Å². The number of rotatable bonds is 2. The second-order valence-corrected chi connectivity index (χ2v) is 7.14. The minimum Gasteiger partial charge on any atom is -0.456 e. The smallest absolute Gasteiger partial charge is 0.213 e. The molecule has 3 heteroatoms. The van der Waals surface area contributed by atoms with Crippen molar-refractivity contribution in [2.24, 2.45) is 7.05 Å². The molecule has 0 spiro atoms. The van der Waals surface area contributed by atoms with Gasteiger partial charge in [-0.05, 0) is 42.2 Å². The van der Waals surface area contributed by atoms with E-state index in [-0.39, 0.29) is 0 Å². The second-order valence-electron chi connectivity index (χ2n) is 7.14. The van der Waals surface area contributed by atoms with Crippen molar-refractivity contribution in [3.8, 4) is 17.3 Å². The number of aromatic nitrogens is 1. The van der Waals surface area contributed by atoms with Gasteiger partial charge in [0.05, 0.1) is 11.1 Å². The maximum atomic E-state index is 10.0. The van der Waals surface area contributed by atoms with Crippen molar-refractivity contribution in [1.82, 2.24) is 0 Å². The molecule has 0 atom stereocenters. The van der Waals surface area contributed by atoms with E-state index in [4.69, 9.17) is 4.42 Å². The molecule has 0 bridgehead atoms. The van der Waals surface area contributed by atoms with E-state index in [0.29, 0.717) is 11.5 Å². The van der Waals surface area contributed by atoms with E-state index in [9.17, 15) is 5.26 Å². The highest BCUT2D eigenvalue weighted by Gasteiger charge is 2.22. The van der Waals surface area contributed by atoms with Crippen LogP contribution in [0.2, 0.25) is 0 Å². The molecule has 0 saturated heterocycles. The molecule has 0 aliphatic heterocycles. The summed E-state index contributed by atoms with van der Waals surface area (Å²) in [5, 5.41) is 11.9. The summed E-state index contributed by atoms with van der Waals surface area (Å²) in [6.07, 6.45) is 2.00. The van der Waals surface area contributed by atoms with E-state index in [1.54, 1.807) is 0 Å². The van der Waals surface area contributed by atoms with Crippen LogP contribution in [0.4, 0.5) is 0 Å². The van der Waals surface area contributed by atoms with Crippen LogP contribution in [0.3, 0.4) is 0 Å². The van der Waals surface area contributed by atoms with E-state index in [1.807, 2.05) is 49.0 Å². The van der Waals surface area contributed by atoms with Crippen LogP contribution in [-0.2, 0) is 7.05 Å². The van der Waals surface area contributed by atoms with Crippen LogP contribution >= 0.6 is 0 Å². The molecule has 0 amide bonds. The molecular weight excluding hydrogens is 320 g/mol. The van der Waals surface area contributed by atoms with E-state index >= 15 is 0 Å². The fourth-order valence-corrected chi connectivity index (χ4v) is 3.67. The van der Waals surface area contributed by atoms with E-state index in [2.05, 4.69) is 38.1 Å². The average Bonchev–Trinajstić information content (AvgIpc) is 2.98. The van der Waals surface area contributed by atoms with Gasteiger partial charge in [-0.15, -0.1) is 0 Å². The minimum atomic E-state index is 0.434. The number of nitrogens with zero attached hydrogens (tertiary/aromatic N) is 2. The highest BCUT2D eigenvalue weighted by atomic mass is 16.3. The summed E-state index contributed by atoms with van der Waals surface area (Å²) in [5.74, 6) is 0.434. The molecule has 26 heavy (non-hydrogen) atoms. The van der Waals surface area contributed by atoms with Gasteiger partial charge in [0, 0.05) is 22.9 Å². The first-order chi connectivity index (χ1) is 12.5. The third-order valence-corrected chi connectivity index (χ3v) is 5.07. The first-order valence-corrected chi connectivity index (χ1v) is 8.86. The van der Waals surface area contributed by atoms with E-state index < -0.39 is 0 Å². The number of fused-ring (bicyclic) bond motifs is 3. The lowest BCUT2D eigenvalue weighted by molar-refractivity contribution is -0.660. The Hall–Kier alpha value is -3.12. The van der Waals surface area contributed by atoms with Gasteiger partial charge in [-0.2, -0.15) is 5.26 Å². The van der Waals surface area contributed by atoms with Gasteiger partial charge < -0.3 is 4.42 Å². The second kappa shape index (κ2) is 6.00. The highest BCUT2D eigenvalue weighted by Crippen LogP contribution is 2.38. The van der Waals surface area contributed by atoms with Crippen LogP contribution in [0.15, 0.2) is 53.1 Å². The molecule has 0 N–H and O–H groups in total. The molecule has 0 saturated carbocycles. The maximum absolute atomic E-state index is 10.0. The molecule has 0 radical (unpaired) electrons. The lowest BCUT2D eigenvalue weighted by atomic mass is 9.93. The molecule has 2 heterocycles. The summed E-state index contributed by atoms with van der Waals surface area (Å²) in [7, 11) is 2.00. The summed E-state index contributed by atoms with van der Waals surface area (Å²) in [4.78, 5) is 0. The Morgan fingerprint density at radius 1 is 1.08 bits per heavy atom. The van der Waals surface area contributed by atoms with Gasteiger partial charge in [-0.1, -0.05) is 26.0 Å². The molecule has 0 aliphatic rings. The molecular formula is C23H21N2O+. The summed E-state index contributed by atoms with van der Waals surface area (Å²) < 4.78 is 8.18. The normalized spacial score (nSPS) is 11.4. The van der Waals surface area contributed by atoms with Crippen LogP contribution in [0.5, 0.6) is 0 Å². The van der Waals surface area contributed by atoms with Crippen LogP contribution in [0.25, 0.3) is 33.2 Å². The zero-order chi connectivity index (χ0) is 18.4. The first-order valence-electron chi connectivity index (χ1n) is 8.86. The van der Waals surface area contributed by atoms with Gasteiger partial charge in [0.15, 0.2) is 6.20 Å². The van der Waals surface area contributed by atoms with Crippen molar-refractivity contribution < 1.29 is 8.98 Å². The average molecular weight is 341 g/mol. The third kappa shape index (κ3) is 2.38. The zero-order valence-corrected chi connectivity index (χ0v) is 15.5. The Balaban J connectivity index is 2.13. The molecule has 2 aromatic carbocycles. The highest BCUT2D eigenvalue weighted by molar-refractivity contribution is 6.10. The molecule has 4 rings (SSSR count). The lowest BCUT2D eigenvalue weighted by Gasteiger charge is -2.08. The standard InChI is InChI=1S/C23H21N2O/c1-14(2)16-8-9-17-20(12-16)26-21-11-15(3)22(18(13-24)23(17)21)19-7-5-6-10-25(19)4/h5-12,14H,1-4H3/q+1. The topological polar surface area (TPSA) is 40.8 Å². The fourth-order valence-electron chi connectivity index (χ4n) is 3.67. The van der Waals surface area contributed by atoms with Crippen molar-refractivity contribution in [3.05, 3.63) is 65.4 Å². The van der Waals surface area contributed by atoms with Crippen LogP contribution < -0.4 is 4.57 Å². The van der Waals surface area contributed by atoms with Gasteiger partial charge in [0.2, 0.25) is 5.69 Å². The number of nitriles is 1. The Morgan fingerprint density at radius 2 is 1.88 bits per heavy atom. The van der Waals surface area contributed by atoms with Gasteiger partial charge in [-0.25, -0.2) is 4.57 Å². The largest absolute Gasteiger partial charge is 0.456 e. The Labute approximate surface area is 153 Å². The van der Waals surface area contributed by atoms with Crippen molar-refractivity contribution >= 4 is 21.9 Å². The third-order valence-electron chi connectivity index (χ3n) is 5.07. The molecule has 0 unspecified atom stereocenters. The Kier molecular flexibility index (Phi) is 3.77. The van der Waals surface area contributed by atoms with Gasteiger partial charge in [0.25, 0.3) is 0 Å². The number of hydrogen-bond acceptors (Lipinski definition) is 2. The van der Waals surface area contributed by atoms with Gasteiger partial charge in [-0.3, -0.25) is 0 Å². The SMILES string of the molecule is Cc1cc2oc3cc(C(C)C)ccc3c2c(C#N)c1-c1cccc[n+]1C. The summed E-state index contributed by atoms with van der Waals surface area (Å²) in [6, 6.07) is 16.8. The summed E-state index contributed by atoms with van der Waals surface area (Å²) in [6.45, 7) is 6.37. The number of benzene rings is 2.